The monoisotopic (exact) mass is 567 g/mol. The lowest BCUT2D eigenvalue weighted by Crippen LogP contribution is -2.50. The molecule has 8 N–H and O–H groups in total. The van der Waals surface area contributed by atoms with Gasteiger partial charge in [-0.1, -0.05) is 0 Å². The summed E-state index contributed by atoms with van der Waals surface area (Å²) in [5, 5.41) is 32.1. The van der Waals surface area contributed by atoms with Crippen molar-refractivity contribution in [1.82, 2.24) is 14.5 Å². The molecule has 16 heteroatoms. The lowest BCUT2D eigenvalue weighted by Gasteiger charge is -2.30. The van der Waals surface area contributed by atoms with Gasteiger partial charge in [0.25, 0.3) is 0 Å². The topological polar surface area (TPSA) is 181 Å². The fourth-order valence-electron chi connectivity index (χ4n) is 3.54. The van der Waals surface area contributed by atoms with E-state index in [2.05, 4.69) is 9.97 Å². The van der Waals surface area contributed by atoms with Crippen molar-refractivity contribution in [3.63, 3.8) is 0 Å². The van der Waals surface area contributed by atoms with Crippen LogP contribution in [0.2, 0.25) is 0 Å². The molecule has 0 fully saturated rings. The summed E-state index contributed by atoms with van der Waals surface area (Å²) in [6.45, 7) is 1.11. The summed E-state index contributed by atoms with van der Waals surface area (Å²) in [4.78, 5) is 17.6. The van der Waals surface area contributed by atoms with Crippen LogP contribution in [0, 0.1) is 24.4 Å². The van der Waals surface area contributed by atoms with Gasteiger partial charge in [0.2, 0.25) is 0 Å². The van der Waals surface area contributed by atoms with Crippen LogP contribution in [0.15, 0.2) is 24.4 Å². The predicted octanol–water partition coefficient (Wildman–Crippen LogP) is 1.12. The van der Waals surface area contributed by atoms with Crippen molar-refractivity contribution >= 4 is 17.0 Å². The summed E-state index contributed by atoms with van der Waals surface area (Å²) < 4.78 is 74.6. The predicted molar refractivity (Wildman–Crippen MR) is 125 cm³/mol. The Labute approximate surface area is 217 Å². The van der Waals surface area contributed by atoms with Crippen LogP contribution in [0.25, 0.3) is 11.0 Å². The van der Waals surface area contributed by atoms with Crippen molar-refractivity contribution < 1.29 is 51.6 Å². The molecule has 2 atom stereocenters. The number of pyridine rings is 1. The van der Waals surface area contributed by atoms with Gasteiger partial charge in [-0.2, -0.15) is 13.2 Å². The molecule has 0 amide bonds. The Bertz CT molecular complexity index is 1290. The molecule has 0 spiro atoms. The number of nitrogens with zero attached hydrogens (tertiary/aromatic N) is 3. The molecular weight excluding hydrogens is 540 g/mol. The molecule has 39 heavy (non-hydrogen) atoms. The molecule has 1 aliphatic heterocycles. The molecule has 0 saturated carbocycles. The minimum Gasteiger partial charge on any atom is -0.475 e. The zero-order valence-corrected chi connectivity index (χ0v) is 20.5. The normalized spacial score (nSPS) is 17.0. The number of carboxylic acid groups (broad SMARTS) is 1. The van der Waals surface area contributed by atoms with Gasteiger partial charge in [-0.3, -0.25) is 4.98 Å². The van der Waals surface area contributed by atoms with Crippen molar-refractivity contribution in [2.75, 3.05) is 19.8 Å². The Kier molecular flexibility index (Phi) is 10.4. The Balaban J connectivity index is 0.000000295. The largest absolute Gasteiger partial charge is 0.490 e. The standard InChI is InChI=1S/C17H15F3N4.C4H11NO3.C2HF3O2/c1-8-2-16-15(6-22-8)23-17-4-10(14(21)7-24(16)17)9-3-12(19)13(20)5-11(9)18;5-4(1-6,2-7)3-8;3-2(4,5)1(6)7/h2-3,5-6,10,14H,4,7,21H2,1H3;6-8H,1-3,5H2;(H,6,7)/t10-,14+;;/m1../s1. The van der Waals surface area contributed by atoms with Crippen molar-refractivity contribution in [3.05, 3.63) is 58.9 Å². The van der Waals surface area contributed by atoms with E-state index in [1.165, 1.54) is 0 Å². The van der Waals surface area contributed by atoms with Crippen molar-refractivity contribution in [2.45, 2.75) is 43.6 Å². The number of halogens is 6. The van der Waals surface area contributed by atoms with Crippen LogP contribution in [0.5, 0.6) is 0 Å². The van der Waals surface area contributed by atoms with Crippen LogP contribution >= 0.6 is 0 Å². The third-order valence-corrected chi connectivity index (χ3v) is 5.79. The Morgan fingerprint density at radius 1 is 1.05 bits per heavy atom. The first-order valence-corrected chi connectivity index (χ1v) is 11.2. The average molecular weight is 567 g/mol. The van der Waals surface area contributed by atoms with E-state index in [9.17, 15) is 26.3 Å². The number of aromatic nitrogens is 3. The van der Waals surface area contributed by atoms with Gasteiger partial charge in [0.05, 0.1) is 37.1 Å². The lowest BCUT2D eigenvalue weighted by molar-refractivity contribution is -0.192. The van der Waals surface area contributed by atoms with Crippen molar-refractivity contribution in [1.29, 1.82) is 0 Å². The van der Waals surface area contributed by atoms with E-state index in [4.69, 9.17) is 36.7 Å². The number of hydrogen-bond acceptors (Lipinski definition) is 8. The molecule has 3 aromatic rings. The van der Waals surface area contributed by atoms with Crippen LogP contribution in [0.1, 0.15) is 23.0 Å². The van der Waals surface area contributed by atoms with Crippen LogP contribution in [-0.2, 0) is 17.8 Å². The molecule has 0 saturated heterocycles. The van der Waals surface area contributed by atoms with Gasteiger partial charge in [0, 0.05) is 36.7 Å². The number of imidazole rings is 1. The number of carbonyl (C=O) groups is 1. The van der Waals surface area contributed by atoms with Crippen molar-refractivity contribution in [2.24, 2.45) is 11.5 Å². The second kappa shape index (κ2) is 12.7. The summed E-state index contributed by atoms with van der Waals surface area (Å²) in [5.74, 6) is -5.53. The smallest absolute Gasteiger partial charge is 0.475 e. The molecule has 0 bridgehead atoms. The van der Waals surface area contributed by atoms with E-state index >= 15 is 0 Å². The quantitative estimate of drug-likeness (QED) is 0.199. The summed E-state index contributed by atoms with van der Waals surface area (Å²) in [7, 11) is 0. The number of nitrogens with two attached hydrogens (primary N) is 2. The minimum absolute atomic E-state index is 0.0917. The molecular formula is C23H27F6N5O5. The Hall–Kier alpha value is -3.31. The molecule has 0 radical (unpaired) electrons. The molecule has 1 aromatic carbocycles. The average Bonchev–Trinajstić information content (AvgIpc) is 3.22. The highest BCUT2D eigenvalue weighted by Crippen LogP contribution is 2.33. The minimum atomic E-state index is -5.08. The number of alkyl halides is 3. The number of aliphatic hydroxyl groups is 3. The van der Waals surface area contributed by atoms with Gasteiger partial charge in [-0.05, 0) is 24.6 Å². The molecule has 1 aliphatic rings. The van der Waals surface area contributed by atoms with Gasteiger partial charge in [-0.25, -0.2) is 22.9 Å². The highest BCUT2D eigenvalue weighted by atomic mass is 19.4. The maximum Gasteiger partial charge on any atom is 0.490 e. The SMILES string of the molecule is Cc1cc2c(cn1)nc1n2C[C@H](N)[C@@H](c2cc(F)c(F)cc2F)C1.NC(CO)(CO)CO.O=C(O)C(F)(F)F. The van der Waals surface area contributed by atoms with E-state index in [-0.39, 0.29) is 5.56 Å². The fourth-order valence-corrected chi connectivity index (χ4v) is 3.54. The van der Waals surface area contributed by atoms with E-state index in [1.54, 1.807) is 6.20 Å². The third-order valence-electron chi connectivity index (χ3n) is 5.79. The van der Waals surface area contributed by atoms with E-state index in [1.807, 2.05) is 17.6 Å². The van der Waals surface area contributed by atoms with Crippen molar-refractivity contribution in [3.8, 4) is 0 Å². The van der Waals surface area contributed by atoms with E-state index < -0.39 is 66.9 Å². The first-order chi connectivity index (χ1) is 18.1. The number of fused-ring (bicyclic) bond motifs is 3. The maximum atomic E-state index is 14.1. The molecule has 3 heterocycles. The highest BCUT2D eigenvalue weighted by Gasteiger charge is 2.38. The molecule has 0 aliphatic carbocycles. The summed E-state index contributed by atoms with van der Waals surface area (Å²) in [6.07, 6.45) is -3.04. The molecule has 10 nitrogen and oxygen atoms in total. The van der Waals surface area contributed by atoms with Gasteiger partial charge in [0.15, 0.2) is 11.6 Å². The zero-order chi connectivity index (χ0) is 29.7. The molecule has 4 rings (SSSR count). The van der Waals surface area contributed by atoms with Gasteiger partial charge < -0.3 is 36.5 Å². The number of aliphatic hydroxyl groups excluding tert-OH is 3. The van der Waals surface area contributed by atoms with Gasteiger partial charge >= 0.3 is 12.1 Å². The zero-order valence-electron chi connectivity index (χ0n) is 20.5. The highest BCUT2D eigenvalue weighted by molar-refractivity contribution is 5.75. The Morgan fingerprint density at radius 2 is 1.59 bits per heavy atom. The number of aliphatic carboxylic acids is 1. The van der Waals surface area contributed by atoms with Crippen LogP contribution in [0.3, 0.4) is 0 Å². The maximum absolute atomic E-state index is 14.1. The number of aryl methyl sites for hydroxylation is 1. The van der Waals surface area contributed by atoms with Crippen LogP contribution < -0.4 is 11.5 Å². The van der Waals surface area contributed by atoms with E-state index in [0.717, 1.165) is 28.6 Å². The summed E-state index contributed by atoms with van der Waals surface area (Å²) >= 11 is 0. The molecule has 0 unspecified atom stereocenters. The first-order valence-electron chi connectivity index (χ1n) is 11.2. The Morgan fingerprint density at radius 3 is 2.08 bits per heavy atom. The van der Waals surface area contributed by atoms with Crippen LogP contribution in [0.4, 0.5) is 26.3 Å². The van der Waals surface area contributed by atoms with Gasteiger partial charge in [-0.15, -0.1) is 0 Å². The van der Waals surface area contributed by atoms with Crippen LogP contribution in [-0.4, -0.2) is 78.5 Å². The number of rotatable bonds is 4. The lowest BCUT2D eigenvalue weighted by atomic mass is 9.86. The van der Waals surface area contributed by atoms with E-state index in [0.29, 0.717) is 19.0 Å². The number of hydrogen-bond donors (Lipinski definition) is 6. The number of carboxylic acids is 1. The van der Waals surface area contributed by atoms with Gasteiger partial charge in [0.1, 0.15) is 17.2 Å². The number of benzene rings is 1. The summed E-state index contributed by atoms with van der Waals surface area (Å²) in [5.41, 5.74) is 12.8. The fraction of sp³-hybridized carbons (Fsp3) is 0.435. The third kappa shape index (κ3) is 7.86. The molecule has 216 valence electrons. The molecule has 2 aromatic heterocycles. The first kappa shape index (κ1) is 31.9. The second-order valence-electron chi connectivity index (χ2n) is 8.85. The second-order valence-corrected chi connectivity index (χ2v) is 8.85. The summed E-state index contributed by atoms with van der Waals surface area (Å²) in [6, 6.07) is 2.97.